The summed E-state index contributed by atoms with van der Waals surface area (Å²) in [5.74, 6) is 0.809. The Balaban J connectivity index is 3.65. The average molecular weight is 186 g/mol. The summed E-state index contributed by atoms with van der Waals surface area (Å²) in [4.78, 5) is 2.50. The molecule has 13 heavy (non-hydrogen) atoms. The second-order valence-corrected chi connectivity index (χ2v) is 3.96. The van der Waals surface area contributed by atoms with Crippen LogP contribution >= 0.6 is 0 Å². The Bertz CT molecular complexity index is 104. The smallest absolute Gasteiger partial charge is 0.0105 e. The van der Waals surface area contributed by atoms with Crippen LogP contribution in [0.4, 0.5) is 0 Å². The molecule has 0 spiro atoms. The monoisotopic (exact) mass is 186 g/mol. The lowest BCUT2D eigenvalue weighted by atomic mass is 10.1. The SMILES string of the molecule is CCCCN(CCN)CC(C)CC. The van der Waals surface area contributed by atoms with Crippen molar-refractivity contribution in [3.8, 4) is 0 Å². The van der Waals surface area contributed by atoms with Gasteiger partial charge in [-0.05, 0) is 18.9 Å². The van der Waals surface area contributed by atoms with Crippen molar-refractivity contribution in [2.24, 2.45) is 11.7 Å². The third-order valence-corrected chi connectivity index (χ3v) is 2.54. The zero-order chi connectivity index (χ0) is 10.1. The zero-order valence-corrected chi connectivity index (χ0v) is 9.55. The van der Waals surface area contributed by atoms with Crippen LogP contribution in [0.1, 0.15) is 40.0 Å². The summed E-state index contributed by atoms with van der Waals surface area (Å²) in [7, 11) is 0. The van der Waals surface area contributed by atoms with Crippen molar-refractivity contribution >= 4 is 0 Å². The van der Waals surface area contributed by atoms with Gasteiger partial charge in [-0.3, -0.25) is 0 Å². The van der Waals surface area contributed by atoms with E-state index < -0.39 is 0 Å². The predicted octanol–water partition coefficient (Wildman–Crippen LogP) is 2.09. The van der Waals surface area contributed by atoms with Gasteiger partial charge in [0.25, 0.3) is 0 Å². The van der Waals surface area contributed by atoms with Crippen molar-refractivity contribution in [2.45, 2.75) is 40.0 Å². The van der Waals surface area contributed by atoms with Gasteiger partial charge in [0.1, 0.15) is 0 Å². The van der Waals surface area contributed by atoms with Crippen molar-refractivity contribution in [2.75, 3.05) is 26.2 Å². The van der Waals surface area contributed by atoms with Crippen LogP contribution in [0.2, 0.25) is 0 Å². The van der Waals surface area contributed by atoms with E-state index >= 15 is 0 Å². The van der Waals surface area contributed by atoms with E-state index in [0.29, 0.717) is 0 Å². The molecule has 0 aliphatic heterocycles. The lowest BCUT2D eigenvalue weighted by Crippen LogP contribution is -2.33. The molecule has 0 rings (SSSR count). The summed E-state index contributed by atoms with van der Waals surface area (Å²) in [6.07, 6.45) is 3.85. The van der Waals surface area contributed by atoms with E-state index in [2.05, 4.69) is 25.7 Å². The van der Waals surface area contributed by atoms with Gasteiger partial charge in [-0.25, -0.2) is 0 Å². The molecule has 0 aromatic heterocycles. The van der Waals surface area contributed by atoms with Gasteiger partial charge < -0.3 is 10.6 Å². The maximum absolute atomic E-state index is 5.58. The van der Waals surface area contributed by atoms with Gasteiger partial charge in [0.15, 0.2) is 0 Å². The second kappa shape index (κ2) is 8.52. The molecule has 1 atom stereocenters. The first-order chi connectivity index (χ1) is 6.24. The highest BCUT2D eigenvalue weighted by Crippen LogP contribution is 2.04. The maximum Gasteiger partial charge on any atom is 0.0105 e. The topological polar surface area (TPSA) is 29.3 Å². The van der Waals surface area contributed by atoms with Crippen LogP contribution in [0.3, 0.4) is 0 Å². The maximum atomic E-state index is 5.58. The highest BCUT2D eigenvalue weighted by molar-refractivity contribution is 4.62. The average Bonchev–Trinajstić information content (AvgIpc) is 2.14. The number of unbranched alkanes of at least 4 members (excludes halogenated alkanes) is 1. The fourth-order valence-electron chi connectivity index (χ4n) is 1.43. The summed E-state index contributed by atoms with van der Waals surface area (Å²) in [5.41, 5.74) is 5.58. The van der Waals surface area contributed by atoms with Gasteiger partial charge in [-0.2, -0.15) is 0 Å². The molecule has 0 saturated carbocycles. The van der Waals surface area contributed by atoms with E-state index in [9.17, 15) is 0 Å². The normalized spacial score (nSPS) is 13.6. The van der Waals surface area contributed by atoms with Crippen molar-refractivity contribution in [3.63, 3.8) is 0 Å². The molecule has 0 heterocycles. The Kier molecular flexibility index (Phi) is 8.46. The minimum atomic E-state index is 0.792. The molecule has 0 aromatic rings. The van der Waals surface area contributed by atoms with Crippen molar-refractivity contribution < 1.29 is 0 Å². The van der Waals surface area contributed by atoms with Gasteiger partial charge in [0, 0.05) is 19.6 Å². The van der Waals surface area contributed by atoms with Gasteiger partial charge in [0.05, 0.1) is 0 Å². The van der Waals surface area contributed by atoms with Gasteiger partial charge in [-0.15, -0.1) is 0 Å². The largest absolute Gasteiger partial charge is 0.329 e. The van der Waals surface area contributed by atoms with Crippen molar-refractivity contribution in [3.05, 3.63) is 0 Å². The minimum Gasteiger partial charge on any atom is -0.329 e. The molecule has 1 unspecified atom stereocenters. The highest BCUT2D eigenvalue weighted by atomic mass is 15.1. The molecule has 0 radical (unpaired) electrons. The number of nitrogens with zero attached hydrogens (tertiary/aromatic N) is 1. The Hall–Kier alpha value is -0.0800. The Morgan fingerprint density at radius 3 is 2.38 bits per heavy atom. The fourth-order valence-corrected chi connectivity index (χ4v) is 1.43. The summed E-state index contributed by atoms with van der Waals surface area (Å²) < 4.78 is 0. The first-order valence-corrected chi connectivity index (χ1v) is 5.66. The zero-order valence-electron chi connectivity index (χ0n) is 9.55. The summed E-state index contributed by atoms with van der Waals surface area (Å²) in [6.45, 7) is 11.1. The molecule has 0 aliphatic rings. The second-order valence-electron chi connectivity index (χ2n) is 3.96. The first-order valence-electron chi connectivity index (χ1n) is 5.66. The lowest BCUT2D eigenvalue weighted by Gasteiger charge is -2.24. The van der Waals surface area contributed by atoms with Gasteiger partial charge >= 0.3 is 0 Å². The van der Waals surface area contributed by atoms with E-state index in [0.717, 1.165) is 19.0 Å². The summed E-state index contributed by atoms with van der Waals surface area (Å²) >= 11 is 0. The highest BCUT2D eigenvalue weighted by Gasteiger charge is 2.06. The molecule has 2 heteroatoms. The molecule has 0 bridgehead atoms. The minimum absolute atomic E-state index is 0.792. The fraction of sp³-hybridized carbons (Fsp3) is 1.00. The van der Waals surface area contributed by atoms with Crippen LogP contribution < -0.4 is 5.73 Å². The summed E-state index contributed by atoms with van der Waals surface area (Å²) in [5, 5.41) is 0. The molecule has 0 aromatic carbocycles. The molecule has 0 aliphatic carbocycles. The van der Waals surface area contributed by atoms with E-state index in [4.69, 9.17) is 5.73 Å². The Morgan fingerprint density at radius 2 is 1.92 bits per heavy atom. The number of hydrogen-bond donors (Lipinski definition) is 1. The molecular weight excluding hydrogens is 160 g/mol. The predicted molar refractivity (Wildman–Crippen MR) is 59.9 cm³/mol. The number of nitrogens with two attached hydrogens (primary N) is 1. The number of hydrogen-bond acceptors (Lipinski definition) is 2. The van der Waals surface area contributed by atoms with Crippen LogP contribution in [0.5, 0.6) is 0 Å². The van der Waals surface area contributed by atoms with Crippen LogP contribution in [0.25, 0.3) is 0 Å². The van der Waals surface area contributed by atoms with Crippen LogP contribution in [-0.4, -0.2) is 31.1 Å². The Morgan fingerprint density at radius 1 is 1.23 bits per heavy atom. The van der Waals surface area contributed by atoms with Gasteiger partial charge in [-0.1, -0.05) is 33.6 Å². The molecule has 0 fully saturated rings. The quantitative estimate of drug-likeness (QED) is 0.629. The van der Waals surface area contributed by atoms with Crippen LogP contribution in [0, 0.1) is 5.92 Å². The standard InChI is InChI=1S/C11H26N2/c1-4-6-8-13(9-7-12)10-11(3)5-2/h11H,4-10,12H2,1-3H3. The molecule has 2 N–H and O–H groups in total. The van der Waals surface area contributed by atoms with Crippen LogP contribution in [-0.2, 0) is 0 Å². The Labute approximate surface area is 83.5 Å². The lowest BCUT2D eigenvalue weighted by molar-refractivity contribution is 0.237. The third-order valence-electron chi connectivity index (χ3n) is 2.54. The first kappa shape index (κ1) is 12.9. The van der Waals surface area contributed by atoms with Gasteiger partial charge in [0.2, 0.25) is 0 Å². The van der Waals surface area contributed by atoms with E-state index in [1.807, 2.05) is 0 Å². The molecule has 2 nitrogen and oxygen atoms in total. The number of rotatable bonds is 8. The van der Waals surface area contributed by atoms with E-state index in [-0.39, 0.29) is 0 Å². The van der Waals surface area contributed by atoms with E-state index in [1.54, 1.807) is 0 Å². The molecule has 0 saturated heterocycles. The third kappa shape index (κ3) is 7.03. The molecule has 0 amide bonds. The molecular formula is C11H26N2. The van der Waals surface area contributed by atoms with E-state index in [1.165, 1.54) is 32.4 Å². The van der Waals surface area contributed by atoms with Crippen molar-refractivity contribution in [1.82, 2.24) is 4.90 Å². The van der Waals surface area contributed by atoms with Crippen LogP contribution in [0.15, 0.2) is 0 Å². The molecule has 80 valence electrons. The summed E-state index contributed by atoms with van der Waals surface area (Å²) in [6, 6.07) is 0. The van der Waals surface area contributed by atoms with Crippen molar-refractivity contribution in [1.29, 1.82) is 0 Å².